The maximum atomic E-state index is 12.8. The number of rotatable bonds is 44. The number of carbonyl (C=O) groups is 3. The van der Waals surface area contributed by atoms with E-state index in [0.717, 1.165) is 116 Å². The highest BCUT2D eigenvalue weighted by molar-refractivity contribution is 5.71. The van der Waals surface area contributed by atoms with Crippen LogP contribution in [0.4, 0.5) is 0 Å². The van der Waals surface area contributed by atoms with E-state index in [1.54, 1.807) is 0 Å². The van der Waals surface area contributed by atoms with Crippen LogP contribution in [0, 0.1) is 0 Å². The molecule has 0 bridgehead atoms. The molecule has 6 heteroatoms. The van der Waals surface area contributed by atoms with Crippen LogP contribution < -0.4 is 0 Å². The summed E-state index contributed by atoms with van der Waals surface area (Å²) in [5, 5.41) is 0. The second-order valence-corrected chi connectivity index (χ2v) is 16.4. The molecule has 1 atom stereocenters. The van der Waals surface area contributed by atoms with E-state index in [1.807, 2.05) is 0 Å². The van der Waals surface area contributed by atoms with Gasteiger partial charge in [-0.15, -0.1) is 0 Å². The first-order valence-electron chi connectivity index (χ1n) is 25.0. The average molecular weight is 837 g/mol. The summed E-state index contributed by atoms with van der Waals surface area (Å²) in [6.45, 7) is 6.36. The molecular weight excluding hydrogens is 745 g/mol. The molecule has 0 aromatic carbocycles. The molecule has 0 radical (unpaired) electrons. The smallest absolute Gasteiger partial charge is 0.306 e. The first-order chi connectivity index (χ1) is 29.5. The lowest BCUT2D eigenvalue weighted by molar-refractivity contribution is -0.167. The molecule has 0 saturated carbocycles. The molecule has 6 nitrogen and oxygen atoms in total. The van der Waals surface area contributed by atoms with E-state index in [0.29, 0.717) is 19.3 Å². The van der Waals surface area contributed by atoms with Gasteiger partial charge in [0, 0.05) is 19.3 Å². The van der Waals surface area contributed by atoms with Gasteiger partial charge in [-0.2, -0.15) is 0 Å². The van der Waals surface area contributed by atoms with Gasteiger partial charge in [-0.05, 0) is 70.6 Å². The Labute approximate surface area is 370 Å². The third-order valence-electron chi connectivity index (χ3n) is 10.5. The highest BCUT2D eigenvalue weighted by Crippen LogP contribution is 2.15. The lowest BCUT2D eigenvalue weighted by Gasteiger charge is -2.18. The fourth-order valence-corrected chi connectivity index (χ4v) is 6.81. The van der Waals surface area contributed by atoms with Gasteiger partial charge in [-0.3, -0.25) is 14.4 Å². The monoisotopic (exact) mass is 837 g/mol. The lowest BCUT2D eigenvalue weighted by atomic mass is 10.0. The molecule has 0 aliphatic heterocycles. The molecule has 0 fully saturated rings. The molecule has 0 aromatic rings. The Morgan fingerprint density at radius 2 is 0.733 bits per heavy atom. The van der Waals surface area contributed by atoms with Crippen LogP contribution in [-0.2, 0) is 28.6 Å². The van der Waals surface area contributed by atoms with E-state index in [-0.39, 0.29) is 31.1 Å². The lowest BCUT2D eigenvalue weighted by Crippen LogP contribution is -2.30. The van der Waals surface area contributed by atoms with Crippen molar-refractivity contribution in [2.45, 2.75) is 239 Å². The van der Waals surface area contributed by atoms with Crippen molar-refractivity contribution >= 4 is 17.9 Å². The summed E-state index contributed by atoms with van der Waals surface area (Å²) in [5.41, 5.74) is 0. The highest BCUT2D eigenvalue weighted by atomic mass is 16.6. The number of unbranched alkanes of at least 4 members (excludes halogenated alkanes) is 23. The topological polar surface area (TPSA) is 78.9 Å². The summed E-state index contributed by atoms with van der Waals surface area (Å²) in [6, 6.07) is 0. The molecule has 0 saturated heterocycles. The maximum Gasteiger partial charge on any atom is 0.306 e. The Morgan fingerprint density at radius 1 is 0.367 bits per heavy atom. The number of hydrogen-bond donors (Lipinski definition) is 0. The third-order valence-corrected chi connectivity index (χ3v) is 10.5. The van der Waals surface area contributed by atoms with Crippen LogP contribution in [0.1, 0.15) is 233 Å². The van der Waals surface area contributed by atoms with Gasteiger partial charge < -0.3 is 14.2 Å². The van der Waals surface area contributed by atoms with Gasteiger partial charge in [0.2, 0.25) is 0 Å². The number of esters is 3. The van der Waals surface area contributed by atoms with Crippen LogP contribution in [0.3, 0.4) is 0 Å². The zero-order valence-corrected chi connectivity index (χ0v) is 39.2. The molecular formula is C54H92O6. The molecule has 0 spiro atoms. The van der Waals surface area contributed by atoms with Crippen molar-refractivity contribution in [3.05, 3.63) is 72.9 Å². The van der Waals surface area contributed by atoms with Crippen LogP contribution >= 0.6 is 0 Å². The summed E-state index contributed by atoms with van der Waals surface area (Å²) in [5.74, 6) is -0.933. The van der Waals surface area contributed by atoms with Crippen molar-refractivity contribution in [1.29, 1.82) is 0 Å². The van der Waals surface area contributed by atoms with Crippen molar-refractivity contribution in [3.63, 3.8) is 0 Å². The van der Waals surface area contributed by atoms with Crippen LogP contribution in [0.5, 0.6) is 0 Å². The summed E-state index contributed by atoms with van der Waals surface area (Å²) in [4.78, 5) is 37.9. The van der Waals surface area contributed by atoms with E-state index >= 15 is 0 Å². The quantitative estimate of drug-likeness (QED) is 0.0200. The van der Waals surface area contributed by atoms with E-state index in [1.165, 1.54) is 77.0 Å². The van der Waals surface area contributed by atoms with Gasteiger partial charge in [-0.25, -0.2) is 0 Å². The largest absolute Gasteiger partial charge is 0.462 e. The Hall–Kier alpha value is -3.15. The Bertz CT molecular complexity index is 1140. The van der Waals surface area contributed by atoms with Gasteiger partial charge in [0.25, 0.3) is 0 Å². The molecule has 0 heterocycles. The van der Waals surface area contributed by atoms with E-state index in [4.69, 9.17) is 14.2 Å². The predicted octanol–water partition coefficient (Wildman–Crippen LogP) is 16.3. The Morgan fingerprint density at radius 3 is 1.20 bits per heavy atom. The number of hydrogen-bond acceptors (Lipinski definition) is 6. The standard InChI is InChI=1S/C54H92O6/c1-4-7-10-13-16-19-22-25-27-30-32-35-38-41-44-47-53(56)59-50-51(49-58-52(55)46-43-40-37-34-31-28-24-21-18-15-12-9-6-3)60-54(57)48-45-42-39-36-33-29-26-23-20-17-14-11-8-5-2/h8-9,11-12,15,17-18,20-21,24,26,29,51H,4-7,10,13-14,16,19,22-23,25,27-28,30-50H2,1-3H3/b11-8+,12-9+,18-15+,20-17+,24-21+,29-26+. The number of ether oxygens (including phenoxy) is 3. The molecule has 0 rings (SSSR count). The molecule has 0 N–H and O–H groups in total. The molecule has 60 heavy (non-hydrogen) atoms. The minimum absolute atomic E-state index is 0.0900. The number of carbonyl (C=O) groups excluding carboxylic acids is 3. The normalized spacial score (nSPS) is 12.7. The second-order valence-electron chi connectivity index (χ2n) is 16.4. The SMILES string of the molecule is CC/C=C/C=C/C=C/CCCCCCCC(=O)OCC(COC(=O)CCCCCCCCCCCCCCCCC)OC(=O)CCCCCC/C=C/C/C=C/C/C=C/CC. The minimum atomic E-state index is -0.793. The van der Waals surface area contributed by atoms with Gasteiger partial charge in [0.15, 0.2) is 6.10 Å². The zero-order chi connectivity index (χ0) is 43.7. The molecule has 0 aliphatic carbocycles. The van der Waals surface area contributed by atoms with Crippen molar-refractivity contribution in [2.24, 2.45) is 0 Å². The Balaban J connectivity index is 4.43. The molecule has 344 valence electrons. The van der Waals surface area contributed by atoms with Crippen molar-refractivity contribution < 1.29 is 28.6 Å². The molecule has 0 amide bonds. The molecule has 1 unspecified atom stereocenters. The predicted molar refractivity (Wildman–Crippen MR) is 256 cm³/mol. The third kappa shape index (κ3) is 45.9. The van der Waals surface area contributed by atoms with E-state index < -0.39 is 6.10 Å². The van der Waals surface area contributed by atoms with Gasteiger partial charge >= 0.3 is 17.9 Å². The van der Waals surface area contributed by atoms with Crippen LogP contribution in [0.25, 0.3) is 0 Å². The minimum Gasteiger partial charge on any atom is -0.462 e. The van der Waals surface area contributed by atoms with Crippen molar-refractivity contribution in [2.75, 3.05) is 13.2 Å². The van der Waals surface area contributed by atoms with Crippen LogP contribution in [-0.4, -0.2) is 37.2 Å². The van der Waals surface area contributed by atoms with Crippen molar-refractivity contribution in [3.8, 4) is 0 Å². The number of allylic oxidation sites excluding steroid dienone is 12. The molecule has 0 aromatic heterocycles. The van der Waals surface area contributed by atoms with Crippen LogP contribution in [0.2, 0.25) is 0 Å². The summed E-state index contributed by atoms with van der Waals surface area (Å²) >= 11 is 0. The van der Waals surface area contributed by atoms with Crippen LogP contribution in [0.15, 0.2) is 72.9 Å². The average Bonchev–Trinajstić information content (AvgIpc) is 3.24. The van der Waals surface area contributed by atoms with Gasteiger partial charge in [0.1, 0.15) is 13.2 Å². The van der Waals surface area contributed by atoms with E-state index in [9.17, 15) is 14.4 Å². The fraction of sp³-hybridized carbons (Fsp3) is 0.722. The highest BCUT2D eigenvalue weighted by Gasteiger charge is 2.19. The second kappa shape index (κ2) is 48.5. The fourth-order valence-electron chi connectivity index (χ4n) is 6.81. The van der Waals surface area contributed by atoms with Gasteiger partial charge in [-0.1, -0.05) is 216 Å². The summed E-state index contributed by atoms with van der Waals surface area (Å²) in [6.07, 6.45) is 60.3. The first kappa shape index (κ1) is 56.9. The molecule has 0 aliphatic rings. The summed E-state index contributed by atoms with van der Waals surface area (Å²) < 4.78 is 16.7. The maximum absolute atomic E-state index is 12.8. The van der Waals surface area contributed by atoms with Crippen molar-refractivity contribution in [1.82, 2.24) is 0 Å². The van der Waals surface area contributed by atoms with E-state index in [2.05, 4.69) is 93.7 Å². The summed E-state index contributed by atoms with van der Waals surface area (Å²) in [7, 11) is 0. The zero-order valence-electron chi connectivity index (χ0n) is 39.2. The Kier molecular flexibility index (Phi) is 46.0. The van der Waals surface area contributed by atoms with Gasteiger partial charge in [0.05, 0.1) is 0 Å². The first-order valence-corrected chi connectivity index (χ1v) is 25.0.